The Morgan fingerprint density at radius 3 is 2.28 bits per heavy atom. The average molecular weight is 361 g/mol. The fourth-order valence-corrected chi connectivity index (χ4v) is 3.03. The van der Waals surface area contributed by atoms with Gasteiger partial charge in [-0.05, 0) is 48.0 Å². The van der Waals surface area contributed by atoms with Gasteiger partial charge >= 0.3 is 5.97 Å². The lowest BCUT2D eigenvalue weighted by Gasteiger charge is -2.05. The van der Waals surface area contributed by atoms with E-state index in [-0.39, 0.29) is 4.90 Å². The highest BCUT2D eigenvalue weighted by molar-refractivity contribution is 7.95. The van der Waals surface area contributed by atoms with Crippen LogP contribution in [0.5, 0.6) is 5.75 Å². The molecule has 25 heavy (non-hydrogen) atoms. The Balaban J connectivity index is 2.29. The van der Waals surface area contributed by atoms with Crippen molar-refractivity contribution in [3.8, 4) is 11.8 Å². The van der Waals surface area contributed by atoms with Crippen LogP contribution in [-0.2, 0) is 14.6 Å². The summed E-state index contributed by atoms with van der Waals surface area (Å²) >= 11 is 0. The zero-order valence-corrected chi connectivity index (χ0v) is 13.5. The lowest BCUT2D eigenvalue weighted by atomic mass is 10.2. The van der Waals surface area contributed by atoms with Gasteiger partial charge in [0.25, 0.3) is 0 Å². The minimum atomic E-state index is -4.07. The van der Waals surface area contributed by atoms with Gasteiger partial charge in [-0.2, -0.15) is 5.26 Å². The summed E-state index contributed by atoms with van der Waals surface area (Å²) in [6.45, 7) is -0.502. The van der Waals surface area contributed by atoms with Crippen LogP contribution in [0, 0.1) is 17.1 Å². The summed E-state index contributed by atoms with van der Waals surface area (Å²) in [6.07, 6.45) is 1.17. The van der Waals surface area contributed by atoms with Crippen molar-refractivity contribution in [1.29, 1.82) is 5.26 Å². The van der Waals surface area contributed by atoms with Gasteiger partial charge in [0.1, 0.15) is 22.5 Å². The second kappa shape index (κ2) is 7.59. The molecule has 2 aromatic rings. The fraction of sp³-hybridized carbons (Fsp3) is 0.0588. The van der Waals surface area contributed by atoms with Gasteiger partial charge < -0.3 is 9.84 Å². The first-order valence-corrected chi connectivity index (χ1v) is 8.38. The van der Waals surface area contributed by atoms with Crippen molar-refractivity contribution in [1.82, 2.24) is 0 Å². The van der Waals surface area contributed by atoms with Crippen LogP contribution >= 0.6 is 0 Å². The highest BCUT2D eigenvalue weighted by atomic mass is 32.2. The number of hydrogen-bond acceptors (Lipinski definition) is 5. The van der Waals surface area contributed by atoms with E-state index in [1.54, 1.807) is 6.07 Å². The number of nitriles is 1. The number of nitrogens with zero attached hydrogens (tertiary/aromatic N) is 1. The molecule has 0 radical (unpaired) electrons. The molecule has 0 saturated carbocycles. The van der Waals surface area contributed by atoms with Crippen molar-refractivity contribution in [3.05, 3.63) is 64.8 Å². The molecule has 0 aliphatic carbocycles. The number of carboxylic acid groups (broad SMARTS) is 1. The van der Waals surface area contributed by atoms with Crippen LogP contribution in [0.25, 0.3) is 6.08 Å². The Kier molecular flexibility index (Phi) is 5.52. The van der Waals surface area contributed by atoms with Crippen molar-refractivity contribution in [2.24, 2.45) is 0 Å². The lowest BCUT2D eigenvalue weighted by Crippen LogP contribution is -2.09. The second-order valence-corrected chi connectivity index (χ2v) is 6.75. The number of hydrogen-bond donors (Lipinski definition) is 1. The van der Waals surface area contributed by atoms with Gasteiger partial charge in [0.2, 0.25) is 9.84 Å². The van der Waals surface area contributed by atoms with Gasteiger partial charge in [-0.15, -0.1) is 0 Å². The number of ether oxygens (including phenoxy) is 1. The summed E-state index contributed by atoms with van der Waals surface area (Å²) in [5.41, 5.74) is 0.407. The van der Waals surface area contributed by atoms with Crippen LogP contribution in [-0.4, -0.2) is 26.1 Å². The molecule has 128 valence electrons. The zero-order chi connectivity index (χ0) is 18.4. The van der Waals surface area contributed by atoms with E-state index in [1.165, 1.54) is 30.3 Å². The van der Waals surface area contributed by atoms with Crippen LogP contribution in [0.2, 0.25) is 0 Å². The molecule has 0 fully saturated rings. The van der Waals surface area contributed by atoms with E-state index in [0.717, 1.165) is 24.3 Å². The van der Waals surface area contributed by atoms with E-state index in [9.17, 15) is 22.9 Å². The van der Waals surface area contributed by atoms with Gasteiger partial charge in [0.05, 0.1) is 4.90 Å². The third kappa shape index (κ3) is 4.65. The van der Waals surface area contributed by atoms with Crippen molar-refractivity contribution < 1.29 is 27.4 Å². The molecule has 0 saturated heterocycles. The Labute approximate surface area is 143 Å². The van der Waals surface area contributed by atoms with Crippen molar-refractivity contribution >= 4 is 21.9 Å². The van der Waals surface area contributed by atoms with E-state index < -0.39 is 33.1 Å². The number of halogens is 1. The average Bonchev–Trinajstić information content (AvgIpc) is 2.59. The maximum absolute atomic E-state index is 12.9. The second-order valence-electron chi connectivity index (χ2n) is 4.83. The molecule has 8 heteroatoms. The van der Waals surface area contributed by atoms with Gasteiger partial charge in [-0.1, -0.05) is 12.1 Å². The van der Waals surface area contributed by atoms with Crippen LogP contribution < -0.4 is 4.74 Å². The topological polar surface area (TPSA) is 104 Å². The minimum absolute atomic E-state index is 0.192. The Bertz CT molecular complexity index is 942. The fourth-order valence-electron chi connectivity index (χ4n) is 1.87. The molecule has 0 aliphatic rings. The Morgan fingerprint density at radius 1 is 1.16 bits per heavy atom. The number of aliphatic carboxylic acids is 1. The van der Waals surface area contributed by atoms with Crippen molar-refractivity contribution in [3.63, 3.8) is 0 Å². The first-order valence-electron chi connectivity index (χ1n) is 6.90. The summed E-state index contributed by atoms with van der Waals surface area (Å²) in [7, 11) is -4.07. The quantitative estimate of drug-likeness (QED) is 0.626. The lowest BCUT2D eigenvalue weighted by molar-refractivity contribution is -0.139. The monoisotopic (exact) mass is 361 g/mol. The van der Waals surface area contributed by atoms with Crippen LogP contribution in [0.15, 0.2) is 58.3 Å². The van der Waals surface area contributed by atoms with Crippen LogP contribution in [0.3, 0.4) is 0 Å². The van der Waals surface area contributed by atoms with E-state index in [0.29, 0.717) is 11.3 Å². The normalized spacial score (nSPS) is 11.6. The zero-order valence-electron chi connectivity index (χ0n) is 12.7. The summed E-state index contributed by atoms with van der Waals surface area (Å²) in [5, 5.41) is 17.7. The van der Waals surface area contributed by atoms with E-state index in [2.05, 4.69) is 0 Å². The molecule has 0 amide bonds. The van der Waals surface area contributed by atoms with E-state index >= 15 is 0 Å². The smallest absolute Gasteiger partial charge is 0.341 e. The summed E-state index contributed by atoms with van der Waals surface area (Å²) < 4.78 is 42.7. The first kappa shape index (κ1) is 18.2. The molecular weight excluding hydrogens is 349 g/mol. The molecule has 6 nitrogen and oxygen atoms in total. The molecule has 2 aromatic carbocycles. The van der Waals surface area contributed by atoms with Gasteiger partial charge in [-0.25, -0.2) is 17.6 Å². The molecular formula is C17H12FNO5S. The predicted octanol–water partition coefficient (Wildman–Crippen LogP) is 2.63. The van der Waals surface area contributed by atoms with E-state index in [1.807, 2.05) is 0 Å². The number of sulfone groups is 1. The maximum atomic E-state index is 12.9. The summed E-state index contributed by atoms with van der Waals surface area (Å²) in [5.74, 6) is -1.42. The Morgan fingerprint density at radius 2 is 1.76 bits per heavy atom. The predicted molar refractivity (Wildman–Crippen MR) is 86.7 cm³/mol. The summed E-state index contributed by atoms with van der Waals surface area (Å²) in [6, 6.07) is 11.7. The highest BCUT2D eigenvalue weighted by Gasteiger charge is 2.20. The van der Waals surface area contributed by atoms with Gasteiger partial charge in [0, 0.05) is 0 Å². The number of carbonyl (C=O) groups is 1. The molecule has 0 aliphatic heterocycles. The third-order valence-electron chi connectivity index (χ3n) is 3.06. The maximum Gasteiger partial charge on any atom is 0.341 e. The molecule has 1 N–H and O–H groups in total. The number of benzene rings is 2. The first-order chi connectivity index (χ1) is 11.8. The number of carboxylic acids is 1. The molecule has 0 unspecified atom stereocenters. The molecule has 0 spiro atoms. The van der Waals surface area contributed by atoms with Crippen molar-refractivity contribution in [2.75, 3.05) is 6.61 Å². The largest absolute Gasteiger partial charge is 0.482 e. The molecule has 0 bridgehead atoms. The molecule has 0 aromatic heterocycles. The standard InChI is InChI=1S/C17H12FNO5S/c18-13-3-7-15(8-4-13)25(22,23)16(10-19)9-12-1-5-14(6-2-12)24-11-17(20)21/h1-9H,11H2,(H,20,21). The number of allylic oxidation sites excluding steroid dienone is 1. The molecule has 0 heterocycles. The van der Waals surface area contributed by atoms with E-state index in [4.69, 9.17) is 9.84 Å². The Hall–Kier alpha value is -3.18. The van der Waals surface area contributed by atoms with Gasteiger partial charge in [-0.3, -0.25) is 0 Å². The van der Waals surface area contributed by atoms with Crippen LogP contribution in [0.4, 0.5) is 4.39 Å². The minimum Gasteiger partial charge on any atom is -0.482 e. The highest BCUT2D eigenvalue weighted by Crippen LogP contribution is 2.22. The van der Waals surface area contributed by atoms with Gasteiger partial charge in [0.15, 0.2) is 6.61 Å². The third-order valence-corrected chi connectivity index (χ3v) is 4.74. The number of rotatable bonds is 6. The van der Waals surface area contributed by atoms with Crippen molar-refractivity contribution in [2.45, 2.75) is 4.90 Å². The molecule has 2 rings (SSSR count). The summed E-state index contributed by atoms with van der Waals surface area (Å²) in [4.78, 5) is 9.74. The SMILES string of the molecule is N#CC(=Cc1ccc(OCC(=O)O)cc1)S(=O)(=O)c1ccc(F)cc1. The molecule has 0 atom stereocenters. The van der Waals surface area contributed by atoms with Crippen LogP contribution in [0.1, 0.15) is 5.56 Å².